The largest absolute Gasteiger partial charge is 0.139 e. The van der Waals surface area contributed by atoms with Crippen molar-refractivity contribution in [2.75, 3.05) is 0 Å². The summed E-state index contributed by atoms with van der Waals surface area (Å²) >= 11 is 2.01. The van der Waals surface area contributed by atoms with E-state index in [1.165, 1.54) is 61.5 Å². The second kappa shape index (κ2) is 7.11. The van der Waals surface area contributed by atoms with Gasteiger partial charge in [-0.2, -0.15) is 0 Å². The van der Waals surface area contributed by atoms with E-state index in [0.717, 1.165) is 6.42 Å². The molecule has 0 fully saturated rings. The fourth-order valence-corrected chi connectivity index (χ4v) is 6.43. The highest BCUT2D eigenvalue weighted by Crippen LogP contribution is 2.45. The Labute approximate surface area is 181 Å². The first-order chi connectivity index (χ1) is 14.8. The van der Waals surface area contributed by atoms with E-state index in [1.54, 1.807) is 4.88 Å². The zero-order chi connectivity index (χ0) is 20.1. The lowest BCUT2D eigenvalue weighted by Crippen LogP contribution is -2.07. The van der Waals surface area contributed by atoms with Gasteiger partial charge in [0.15, 0.2) is 0 Å². The summed E-state index contributed by atoms with van der Waals surface area (Å²) < 4.78 is 1.47. The SMILES string of the molecule is Cc1cccc2c3c(sc12)CCC=C3C1C=CC(c2cccc3ccccc23)=CC1. The molecule has 30 heavy (non-hydrogen) atoms. The van der Waals surface area contributed by atoms with Crippen molar-refractivity contribution in [3.8, 4) is 0 Å². The summed E-state index contributed by atoms with van der Waals surface area (Å²) in [6.45, 7) is 2.24. The molecule has 0 nitrogen and oxygen atoms in total. The Morgan fingerprint density at radius 2 is 1.70 bits per heavy atom. The van der Waals surface area contributed by atoms with Crippen molar-refractivity contribution in [2.24, 2.45) is 5.92 Å². The molecule has 2 aliphatic rings. The van der Waals surface area contributed by atoms with Gasteiger partial charge in [-0.15, -0.1) is 11.3 Å². The number of thiophene rings is 1. The van der Waals surface area contributed by atoms with Crippen LogP contribution in [0.15, 0.2) is 85.0 Å². The van der Waals surface area contributed by atoms with Crippen LogP contribution in [0.3, 0.4) is 0 Å². The van der Waals surface area contributed by atoms with Gasteiger partial charge in [-0.05, 0) is 64.8 Å². The van der Waals surface area contributed by atoms with Crippen LogP contribution in [-0.2, 0) is 6.42 Å². The smallest absolute Gasteiger partial charge is 0.0381 e. The zero-order valence-electron chi connectivity index (χ0n) is 17.2. The van der Waals surface area contributed by atoms with E-state index in [1.807, 2.05) is 11.3 Å². The van der Waals surface area contributed by atoms with E-state index in [-0.39, 0.29) is 0 Å². The Kier molecular flexibility index (Phi) is 4.24. The van der Waals surface area contributed by atoms with Crippen LogP contribution in [0.5, 0.6) is 0 Å². The van der Waals surface area contributed by atoms with Crippen LogP contribution in [0, 0.1) is 12.8 Å². The minimum Gasteiger partial charge on any atom is -0.139 e. The van der Waals surface area contributed by atoms with Crippen LogP contribution in [0.25, 0.3) is 32.0 Å². The van der Waals surface area contributed by atoms with Gasteiger partial charge in [-0.25, -0.2) is 0 Å². The molecule has 4 aromatic rings. The highest BCUT2D eigenvalue weighted by Gasteiger charge is 2.25. The van der Waals surface area contributed by atoms with Crippen LogP contribution in [0.1, 0.15) is 34.4 Å². The number of fused-ring (bicyclic) bond motifs is 4. The van der Waals surface area contributed by atoms with E-state index in [0.29, 0.717) is 5.92 Å². The lowest BCUT2D eigenvalue weighted by Gasteiger charge is -2.24. The van der Waals surface area contributed by atoms with Crippen LogP contribution >= 0.6 is 11.3 Å². The number of hydrogen-bond donors (Lipinski definition) is 0. The molecule has 0 amide bonds. The molecule has 0 N–H and O–H groups in total. The third-order valence-electron chi connectivity index (χ3n) is 6.61. The first kappa shape index (κ1) is 17.9. The lowest BCUT2D eigenvalue weighted by atomic mass is 9.80. The molecule has 1 heteroatoms. The molecule has 6 rings (SSSR count). The normalized spacial score (nSPS) is 18.4. The molecular formula is C29H24S. The van der Waals surface area contributed by atoms with Crippen LogP contribution in [-0.4, -0.2) is 0 Å². The molecule has 1 heterocycles. The second-order valence-corrected chi connectivity index (χ2v) is 9.54. The molecule has 0 saturated carbocycles. The highest BCUT2D eigenvalue weighted by molar-refractivity contribution is 7.19. The van der Waals surface area contributed by atoms with Gasteiger partial charge < -0.3 is 0 Å². The van der Waals surface area contributed by atoms with E-state index in [9.17, 15) is 0 Å². The lowest BCUT2D eigenvalue weighted by molar-refractivity contribution is 0.829. The fraction of sp³-hybridized carbons (Fsp3) is 0.172. The number of rotatable bonds is 2. The Morgan fingerprint density at radius 3 is 2.60 bits per heavy atom. The quantitative estimate of drug-likeness (QED) is 0.315. The van der Waals surface area contributed by atoms with Crippen LogP contribution in [0.2, 0.25) is 0 Å². The average molecular weight is 405 g/mol. The second-order valence-electron chi connectivity index (χ2n) is 8.44. The monoisotopic (exact) mass is 404 g/mol. The fourth-order valence-electron chi connectivity index (χ4n) is 5.13. The minimum atomic E-state index is 0.473. The Bertz CT molecular complexity index is 1370. The zero-order valence-corrected chi connectivity index (χ0v) is 18.0. The number of benzene rings is 3. The van der Waals surface area contributed by atoms with Gasteiger partial charge in [-0.3, -0.25) is 0 Å². The summed E-state index contributed by atoms with van der Waals surface area (Å²) in [5.74, 6) is 0.473. The molecule has 3 aromatic carbocycles. The Hall–Kier alpha value is -2.90. The number of allylic oxidation sites excluding steroid dienone is 6. The molecule has 0 aliphatic heterocycles. The molecule has 0 saturated heterocycles. The van der Waals surface area contributed by atoms with Crippen molar-refractivity contribution in [3.05, 3.63) is 107 Å². The van der Waals surface area contributed by atoms with Crippen molar-refractivity contribution in [1.82, 2.24) is 0 Å². The predicted molar refractivity (Wildman–Crippen MR) is 132 cm³/mol. The van der Waals surface area contributed by atoms with Crippen LogP contribution in [0.4, 0.5) is 0 Å². The molecular weight excluding hydrogens is 380 g/mol. The maximum atomic E-state index is 2.50. The van der Waals surface area contributed by atoms with Gasteiger partial charge in [0.1, 0.15) is 0 Å². The van der Waals surface area contributed by atoms with E-state index in [2.05, 4.69) is 91.9 Å². The van der Waals surface area contributed by atoms with Gasteiger partial charge in [0.2, 0.25) is 0 Å². The summed E-state index contributed by atoms with van der Waals surface area (Å²) in [6, 6.07) is 22.1. The molecule has 0 radical (unpaired) electrons. The standard InChI is InChI=1S/C29H24S/c1-19-7-4-13-26-28-25(12-6-14-27(28)30-29(19)26)22-17-15-21(16-18-22)24-11-5-9-20-8-2-3-10-23(20)24/h2-5,7-13,15-17,22H,6,14,18H2,1H3. The Balaban J connectivity index is 1.37. The summed E-state index contributed by atoms with van der Waals surface area (Å²) in [6.07, 6.45) is 13.2. The molecule has 0 bridgehead atoms. The maximum Gasteiger partial charge on any atom is 0.0381 e. The Morgan fingerprint density at radius 1 is 0.867 bits per heavy atom. The minimum absolute atomic E-state index is 0.473. The van der Waals surface area contributed by atoms with E-state index < -0.39 is 0 Å². The maximum absolute atomic E-state index is 2.50. The van der Waals surface area contributed by atoms with E-state index >= 15 is 0 Å². The van der Waals surface area contributed by atoms with Gasteiger partial charge in [-0.1, -0.05) is 85.0 Å². The van der Waals surface area contributed by atoms with Crippen molar-refractivity contribution in [3.63, 3.8) is 0 Å². The topological polar surface area (TPSA) is 0 Å². The first-order valence-electron chi connectivity index (χ1n) is 10.9. The van der Waals surface area contributed by atoms with Crippen molar-refractivity contribution >= 4 is 43.3 Å². The van der Waals surface area contributed by atoms with Gasteiger partial charge in [0, 0.05) is 20.9 Å². The summed E-state index contributed by atoms with van der Waals surface area (Å²) in [5, 5.41) is 4.11. The van der Waals surface area contributed by atoms with Crippen LogP contribution < -0.4 is 0 Å². The summed E-state index contributed by atoms with van der Waals surface area (Å²) in [4.78, 5) is 1.58. The third kappa shape index (κ3) is 2.80. The van der Waals surface area contributed by atoms with Crippen molar-refractivity contribution < 1.29 is 0 Å². The molecule has 146 valence electrons. The molecule has 1 unspecified atom stereocenters. The molecule has 0 spiro atoms. The average Bonchev–Trinajstić information content (AvgIpc) is 3.19. The predicted octanol–water partition coefficient (Wildman–Crippen LogP) is 8.35. The third-order valence-corrected chi connectivity index (χ3v) is 8.01. The van der Waals surface area contributed by atoms with Gasteiger partial charge >= 0.3 is 0 Å². The number of aryl methyl sites for hydroxylation is 2. The first-order valence-corrected chi connectivity index (χ1v) is 11.7. The molecule has 1 atom stereocenters. The van der Waals surface area contributed by atoms with Crippen molar-refractivity contribution in [1.29, 1.82) is 0 Å². The highest BCUT2D eigenvalue weighted by atomic mass is 32.1. The van der Waals surface area contributed by atoms with Gasteiger partial charge in [0.05, 0.1) is 0 Å². The summed E-state index contributed by atoms with van der Waals surface area (Å²) in [7, 11) is 0. The van der Waals surface area contributed by atoms with Gasteiger partial charge in [0.25, 0.3) is 0 Å². The van der Waals surface area contributed by atoms with E-state index in [4.69, 9.17) is 0 Å². The molecule has 2 aliphatic carbocycles. The molecule has 1 aromatic heterocycles. The van der Waals surface area contributed by atoms with Crippen molar-refractivity contribution in [2.45, 2.75) is 26.2 Å². The summed E-state index contributed by atoms with van der Waals surface area (Å²) in [5.41, 5.74) is 7.17. The number of hydrogen-bond acceptors (Lipinski definition) is 1.